The van der Waals surface area contributed by atoms with Crippen molar-refractivity contribution in [2.24, 2.45) is 5.92 Å². The normalized spacial score (nSPS) is 21.6. The van der Waals surface area contributed by atoms with Crippen molar-refractivity contribution >= 4 is 5.91 Å². The summed E-state index contributed by atoms with van der Waals surface area (Å²) in [5.74, 6) is -0.572. The summed E-state index contributed by atoms with van der Waals surface area (Å²) in [7, 11) is 1.54. The Bertz CT molecular complexity index is 516. The lowest BCUT2D eigenvalue weighted by Gasteiger charge is -2.30. The van der Waals surface area contributed by atoms with E-state index in [0.29, 0.717) is 24.3 Å². The first kappa shape index (κ1) is 17.4. The van der Waals surface area contributed by atoms with E-state index >= 15 is 0 Å². The standard InChI is InChI=1S/C16H20F3NO3/c1-22-13-5-7-14(8-6-13)23-10-15(21)20-12-4-2-3-11(9-12)16(17,18)19/h5-8,11-12H,2-4,9-10H2,1H3,(H,20,21). The predicted octanol–water partition coefficient (Wildman–Crippen LogP) is 3.31. The van der Waals surface area contributed by atoms with Crippen molar-refractivity contribution in [1.82, 2.24) is 5.32 Å². The fourth-order valence-corrected chi connectivity index (χ4v) is 2.71. The molecule has 4 nitrogen and oxygen atoms in total. The number of alkyl halides is 3. The highest BCUT2D eigenvalue weighted by atomic mass is 19.4. The number of benzene rings is 1. The summed E-state index contributed by atoms with van der Waals surface area (Å²) in [4.78, 5) is 11.8. The van der Waals surface area contributed by atoms with Crippen LogP contribution < -0.4 is 14.8 Å². The zero-order valence-electron chi connectivity index (χ0n) is 12.9. The van der Waals surface area contributed by atoms with Crippen molar-refractivity contribution in [3.63, 3.8) is 0 Å². The van der Waals surface area contributed by atoms with E-state index in [4.69, 9.17) is 9.47 Å². The van der Waals surface area contributed by atoms with Gasteiger partial charge in [-0.3, -0.25) is 4.79 Å². The van der Waals surface area contributed by atoms with E-state index in [1.165, 1.54) is 0 Å². The average Bonchev–Trinajstić information content (AvgIpc) is 2.53. The third-order valence-electron chi connectivity index (χ3n) is 3.93. The van der Waals surface area contributed by atoms with Gasteiger partial charge in [-0.1, -0.05) is 6.42 Å². The van der Waals surface area contributed by atoms with Gasteiger partial charge >= 0.3 is 6.18 Å². The zero-order valence-corrected chi connectivity index (χ0v) is 12.9. The van der Waals surface area contributed by atoms with E-state index in [9.17, 15) is 18.0 Å². The summed E-state index contributed by atoms with van der Waals surface area (Å²) < 4.78 is 48.5. The van der Waals surface area contributed by atoms with Crippen LogP contribution in [0.1, 0.15) is 25.7 Å². The van der Waals surface area contributed by atoms with Crippen LogP contribution in [0.2, 0.25) is 0 Å². The minimum absolute atomic E-state index is 0.0578. The number of carbonyl (C=O) groups is 1. The van der Waals surface area contributed by atoms with Crippen LogP contribution in [0.25, 0.3) is 0 Å². The molecule has 0 aromatic heterocycles. The summed E-state index contributed by atoms with van der Waals surface area (Å²) in [5, 5.41) is 2.63. The molecule has 1 amide bonds. The first-order valence-corrected chi connectivity index (χ1v) is 7.51. The van der Waals surface area contributed by atoms with Gasteiger partial charge in [0.2, 0.25) is 0 Å². The maximum Gasteiger partial charge on any atom is 0.391 e. The molecule has 2 atom stereocenters. The van der Waals surface area contributed by atoms with Gasteiger partial charge < -0.3 is 14.8 Å². The fraction of sp³-hybridized carbons (Fsp3) is 0.562. The molecule has 1 aromatic rings. The van der Waals surface area contributed by atoms with Crippen LogP contribution in [0.4, 0.5) is 13.2 Å². The molecule has 128 valence electrons. The molecule has 1 aliphatic rings. The number of carbonyl (C=O) groups excluding carboxylic acids is 1. The van der Waals surface area contributed by atoms with E-state index in [1.54, 1.807) is 31.4 Å². The summed E-state index contributed by atoms with van der Waals surface area (Å²) in [6.45, 7) is -0.223. The summed E-state index contributed by atoms with van der Waals surface area (Å²) in [6, 6.07) is 6.27. The Labute approximate surface area is 133 Å². The second kappa shape index (κ2) is 7.57. The SMILES string of the molecule is COc1ccc(OCC(=O)NC2CCCC(C(F)(F)F)C2)cc1. The molecule has 1 saturated carbocycles. The third kappa shape index (κ3) is 5.33. The second-order valence-electron chi connectivity index (χ2n) is 5.63. The van der Waals surface area contributed by atoms with Crippen molar-refractivity contribution in [3.05, 3.63) is 24.3 Å². The van der Waals surface area contributed by atoms with Gasteiger partial charge in [-0.25, -0.2) is 0 Å². The molecule has 0 bridgehead atoms. The van der Waals surface area contributed by atoms with Gasteiger partial charge in [0, 0.05) is 6.04 Å². The highest BCUT2D eigenvalue weighted by Crippen LogP contribution is 2.37. The molecule has 0 saturated heterocycles. The van der Waals surface area contributed by atoms with Gasteiger partial charge in [0.05, 0.1) is 13.0 Å². The summed E-state index contributed by atoms with van der Waals surface area (Å²) in [5.41, 5.74) is 0. The van der Waals surface area contributed by atoms with E-state index in [2.05, 4.69) is 5.32 Å². The van der Waals surface area contributed by atoms with Crippen molar-refractivity contribution in [2.75, 3.05) is 13.7 Å². The molecule has 1 fully saturated rings. The smallest absolute Gasteiger partial charge is 0.391 e. The largest absolute Gasteiger partial charge is 0.497 e. The number of hydrogen-bond donors (Lipinski definition) is 1. The van der Waals surface area contributed by atoms with Crippen molar-refractivity contribution in [3.8, 4) is 11.5 Å². The highest BCUT2D eigenvalue weighted by Gasteiger charge is 2.42. The van der Waals surface area contributed by atoms with Gasteiger partial charge in [-0.2, -0.15) is 13.2 Å². The zero-order chi connectivity index (χ0) is 16.9. The van der Waals surface area contributed by atoms with Crippen LogP contribution in [0.5, 0.6) is 11.5 Å². The number of halogens is 3. The van der Waals surface area contributed by atoms with E-state index < -0.39 is 24.0 Å². The predicted molar refractivity (Wildman–Crippen MR) is 78.4 cm³/mol. The molecule has 1 N–H and O–H groups in total. The maximum atomic E-state index is 12.7. The Morgan fingerprint density at radius 2 is 1.87 bits per heavy atom. The molecule has 23 heavy (non-hydrogen) atoms. The third-order valence-corrected chi connectivity index (χ3v) is 3.93. The van der Waals surface area contributed by atoms with Gasteiger partial charge in [-0.15, -0.1) is 0 Å². The maximum absolute atomic E-state index is 12.7. The van der Waals surface area contributed by atoms with E-state index in [-0.39, 0.29) is 19.4 Å². The monoisotopic (exact) mass is 331 g/mol. The minimum Gasteiger partial charge on any atom is -0.497 e. The van der Waals surface area contributed by atoms with E-state index in [1.807, 2.05) is 0 Å². The van der Waals surface area contributed by atoms with Crippen molar-refractivity contribution in [1.29, 1.82) is 0 Å². The molecule has 0 aliphatic heterocycles. The Morgan fingerprint density at radius 1 is 1.22 bits per heavy atom. The summed E-state index contributed by atoms with van der Waals surface area (Å²) >= 11 is 0. The quantitative estimate of drug-likeness (QED) is 0.900. The topological polar surface area (TPSA) is 47.6 Å². The number of rotatable bonds is 5. The van der Waals surface area contributed by atoms with Gasteiger partial charge in [0.15, 0.2) is 6.61 Å². The molecule has 0 spiro atoms. The van der Waals surface area contributed by atoms with Gasteiger partial charge in [-0.05, 0) is 43.5 Å². The molecule has 7 heteroatoms. The van der Waals surface area contributed by atoms with Crippen LogP contribution in [0.15, 0.2) is 24.3 Å². The molecule has 1 aliphatic carbocycles. The van der Waals surface area contributed by atoms with Crippen molar-refractivity contribution < 1.29 is 27.4 Å². The lowest BCUT2D eigenvalue weighted by Crippen LogP contribution is -2.43. The molecule has 2 rings (SSSR count). The second-order valence-corrected chi connectivity index (χ2v) is 5.63. The number of amides is 1. The molecule has 0 heterocycles. The lowest BCUT2D eigenvalue weighted by molar-refractivity contribution is -0.184. The Balaban J connectivity index is 1.77. The summed E-state index contributed by atoms with van der Waals surface area (Å²) in [6.07, 6.45) is -3.08. The Hall–Kier alpha value is -1.92. The molecule has 2 unspecified atom stereocenters. The van der Waals surface area contributed by atoms with Crippen LogP contribution >= 0.6 is 0 Å². The van der Waals surface area contributed by atoms with Crippen molar-refractivity contribution in [2.45, 2.75) is 37.9 Å². The molecular weight excluding hydrogens is 311 g/mol. The molecular formula is C16H20F3NO3. The fourth-order valence-electron chi connectivity index (χ4n) is 2.71. The number of hydrogen-bond acceptors (Lipinski definition) is 3. The van der Waals surface area contributed by atoms with Gasteiger partial charge in [0.1, 0.15) is 11.5 Å². The van der Waals surface area contributed by atoms with Crippen LogP contribution in [-0.4, -0.2) is 31.8 Å². The first-order chi connectivity index (χ1) is 10.9. The average molecular weight is 331 g/mol. The van der Waals surface area contributed by atoms with Crippen LogP contribution in [0, 0.1) is 5.92 Å². The minimum atomic E-state index is -4.19. The van der Waals surface area contributed by atoms with Crippen LogP contribution in [0.3, 0.4) is 0 Å². The van der Waals surface area contributed by atoms with Gasteiger partial charge in [0.25, 0.3) is 5.91 Å². The van der Waals surface area contributed by atoms with E-state index in [0.717, 1.165) is 0 Å². The molecule has 1 aromatic carbocycles. The first-order valence-electron chi connectivity index (χ1n) is 7.51. The highest BCUT2D eigenvalue weighted by molar-refractivity contribution is 5.77. The number of methoxy groups -OCH3 is 1. The number of nitrogens with one attached hydrogen (secondary N) is 1. The lowest BCUT2D eigenvalue weighted by atomic mass is 9.85. The van der Waals surface area contributed by atoms with Crippen LogP contribution in [-0.2, 0) is 4.79 Å². The Kier molecular flexibility index (Phi) is 5.74. The Morgan fingerprint density at radius 3 is 2.48 bits per heavy atom. The number of ether oxygens (including phenoxy) is 2. The molecule has 0 radical (unpaired) electrons.